The SMILES string of the molecule is COC(=O)C1COC(O)(c2ccccc2)O1. The molecule has 0 amide bonds. The molecule has 0 saturated carbocycles. The molecular formula is C11H12O5. The van der Waals surface area contributed by atoms with Crippen LogP contribution in [0, 0.1) is 0 Å². The number of carbonyl (C=O) groups is 1. The molecule has 16 heavy (non-hydrogen) atoms. The fourth-order valence-corrected chi connectivity index (χ4v) is 1.50. The summed E-state index contributed by atoms with van der Waals surface area (Å²) in [6.45, 7) is -0.0297. The molecule has 0 aliphatic carbocycles. The molecule has 1 saturated heterocycles. The summed E-state index contributed by atoms with van der Waals surface area (Å²) in [5, 5.41) is 10.0. The van der Waals surface area contributed by atoms with E-state index in [1.54, 1.807) is 30.3 Å². The van der Waals surface area contributed by atoms with Crippen molar-refractivity contribution in [1.29, 1.82) is 0 Å². The van der Waals surface area contributed by atoms with Crippen molar-refractivity contribution in [2.24, 2.45) is 0 Å². The van der Waals surface area contributed by atoms with Gasteiger partial charge in [-0.1, -0.05) is 30.3 Å². The van der Waals surface area contributed by atoms with Crippen LogP contribution in [0.25, 0.3) is 0 Å². The van der Waals surface area contributed by atoms with E-state index in [0.717, 1.165) is 0 Å². The zero-order chi connectivity index (χ0) is 11.6. The molecule has 1 aromatic rings. The predicted molar refractivity (Wildman–Crippen MR) is 53.2 cm³/mol. The third kappa shape index (κ3) is 1.92. The first-order valence-corrected chi connectivity index (χ1v) is 4.83. The summed E-state index contributed by atoms with van der Waals surface area (Å²) in [6, 6.07) is 8.59. The summed E-state index contributed by atoms with van der Waals surface area (Å²) >= 11 is 0. The van der Waals surface area contributed by atoms with Gasteiger partial charge in [0.2, 0.25) is 0 Å². The smallest absolute Gasteiger partial charge is 0.337 e. The van der Waals surface area contributed by atoms with Gasteiger partial charge in [0.25, 0.3) is 0 Å². The minimum Gasteiger partial charge on any atom is -0.467 e. The molecule has 1 fully saturated rings. The Morgan fingerprint density at radius 2 is 2.19 bits per heavy atom. The van der Waals surface area contributed by atoms with Crippen LogP contribution in [0.4, 0.5) is 0 Å². The average Bonchev–Trinajstić information content (AvgIpc) is 2.73. The van der Waals surface area contributed by atoms with E-state index in [-0.39, 0.29) is 6.61 Å². The Hall–Kier alpha value is -1.43. The van der Waals surface area contributed by atoms with Gasteiger partial charge in [-0.15, -0.1) is 0 Å². The van der Waals surface area contributed by atoms with Crippen molar-refractivity contribution in [3.63, 3.8) is 0 Å². The van der Waals surface area contributed by atoms with E-state index < -0.39 is 18.0 Å². The van der Waals surface area contributed by atoms with Gasteiger partial charge in [0.15, 0.2) is 6.10 Å². The van der Waals surface area contributed by atoms with Gasteiger partial charge in [0.05, 0.1) is 13.7 Å². The quantitative estimate of drug-likeness (QED) is 0.735. The summed E-state index contributed by atoms with van der Waals surface area (Å²) in [6.07, 6.45) is -0.893. The lowest BCUT2D eigenvalue weighted by Gasteiger charge is -2.20. The Morgan fingerprint density at radius 3 is 2.81 bits per heavy atom. The lowest BCUT2D eigenvalue weighted by molar-refractivity contribution is -0.323. The highest BCUT2D eigenvalue weighted by molar-refractivity contribution is 5.75. The lowest BCUT2D eigenvalue weighted by atomic mass is 10.2. The number of rotatable bonds is 2. The van der Waals surface area contributed by atoms with Crippen molar-refractivity contribution < 1.29 is 24.1 Å². The van der Waals surface area contributed by atoms with Crippen LogP contribution in [-0.4, -0.2) is 30.9 Å². The van der Waals surface area contributed by atoms with Gasteiger partial charge in [-0.05, 0) is 0 Å². The maximum absolute atomic E-state index is 11.2. The van der Waals surface area contributed by atoms with Gasteiger partial charge >= 0.3 is 11.9 Å². The normalized spacial score (nSPS) is 29.0. The second-order valence-electron chi connectivity index (χ2n) is 3.39. The van der Waals surface area contributed by atoms with E-state index in [2.05, 4.69) is 4.74 Å². The van der Waals surface area contributed by atoms with Gasteiger partial charge in [-0.3, -0.25) is 0 Å². The third-order valence-electron chi connectivity index (χ3n) is 2.34. The minimum atomic E-state index is -1.86. The number of hydrogen-bond donors (Lipinski definition) is 1. The summed E-state index contributed by atoms with van der Waals surface area (Å²) in [4.78, 5) is 11.2. The van der Waals surface area contributed by atoms with Crippen molar-refractivity contribution in [2.45, 2.75) is 12.1 Å². The van der Waals surface area contributed by atoms with Crippen LogP contribution in [0.3, 0.4) is 0 Å². The summed E-state index contributed by atoms with van der Waals surface area (Å²) in [5.41, 5.74) is 0.446. The third-order valence-corrected chi connectivity index (χ3v) is 2.34. The standard InChI is InChI=1S/C11H12O5/c1-14-10(12)9-7-15-11(13,16-9)8-5-3-2-4-6-8/h2-6,9,13H,7H2,1H3. The maximum Gasteiger partial charge on any atom is 0.337 e. The van der Waals surface area contributed by atoms with Crippen LogP contribution in [0.2, 0.25) is 0 Å². The molecular weight excluding hydrogens is 212 g/mol. The average molecular weight is 224 g/mol. The zero-order valence-electron chi connectivity index (χ0n) is 8.75. The number of ether oxygens (including phenoxy) is 3. The van der Waals surface area contributed by atoms with Gasteiger partial charge in [0.1, 0.15) is 0 Å². The van der Waals surface area contributed by atoms with Crippen molar-refractivity contribution >= 4 is 5.97 Å². The molecule has 1 heterocycles. The molecule has 1 aliphatic rings. The van der Waals surface area contributed by atoms with Gasteiger partial charge in [0, 0.05) is 5.56 Å². The van der Waals surface area contributed by atoms with E-state index >= 15 is 0 Å². The van der Waals surface area contributed by atoms with E-state index in [1.807, 2.05) is 0 Å². The van der Waals surface area contributed by atoms with Crippen molar-refractivity contribution in [2.75, 3.05) is 13.7 Å². The van der Waals surface area contributed by atoms with E-state index in [4.69, 9.17) is 9.47 Å². The molecule has 0 aromatic heterocycles. The molecule has 0 bridgehead atoms. The Morgan fingerprint density at radius 1 is 1.50 bits per heavy atom. The van der Waals surface area contributed by atoms with Gasteiger partial charge in [-0.2, -0.15) is 0 Å². The highest BCUT2D eigenvalue weighted by atomic mass is 16.9. The van der Waals surface area contributed by atoms with Crippen LogP contribution in [0.1, 0.15) is 5.56 Å². The minimum absolute atomic E-state index is 0.0297. The number of carbonyl (C=O) groups excluding carboxylic acids is 1. The highest BCUT2D eigenvalue weighted by Crippen LogP contribution is 2.31. The van der Waals surface area contributed by atoms with Crippen molar-refractivity contribution in [3.8, 4) is 0 Å². The topological polar surface area (TPSA) is 65.0 Å². The Kier molecular flexibility index (Phi) is 2.91. The molecule has 0 radical (unpaired) electrons. The zero-order valence-corrected chi connectivity index (χ0v) is 8.75. The number of methoxy groups -OCH3 is 1. The van der Waals surface area contributed by atoms with Gasteiger partial charge < -0.3 is 19.3 Å². The molecule has 0 spiro atoms. The van der Waals surface area contributed by atoms with Crippen molar-refractivity contribution in [1.82, 2.24) is 0 Å². The fraction of sp³-hybridized carbons (Fsp3) is 0.364. The van der Waals surface area contributed by atoms with Crippen LogP contribution >= 0.6 is 0 Å². The maximum atomic E-state index is 11.2. The lowest BCUT2D eigenvalue weighted by Crippen LogP contribution is -2.30. The Bertz CT molecular complexity index is 377. The van der Waals surface area contributed by atoms with E-state index in [1.165, 1.54) is 7.11 Å². The monoisotopic (exact) mass is 224 g/mol. The molecule has 2 rings (SSSR count). The summed E-state index contributed by atoms with van der Waals surface area (Å²) in [7, 11) is 1.26. The van der Waals surface area contributed by atoms with Crippen LogP contribution < -0.4 is 0 Å². The Balaban J connectivity index is 2.15. The second kappa shape index (κ2) is 4.21. The van der Waals surface area contributed by atoms with E-state index in [0.29, 0.717) is 5.56 Å². The number of esters is 1. The van der Waals surface area contributed by atoms with Crippen LogP contribution in [0.15, 0.2) is 30.3 Å². The molecule has 5 heteroatoms. The number of aliphatic hydroxyl groups is 1. The van der Waals surface area contributed by atoms with Crippen LogP contribution in [-0.2, 0) is 25.0 Å². The molecule has 2 atom stereocenters. The predicted octanol–water partition coefficient (Wildman–Crippen LogP) is 0.378. The summed E-state index contributed by atoms with van der Waals surface area (Å²) in [5.74, 6) is -2.42. The van der Waals surface area contributed by atoms with Crippen LogP contribution in [0.5, 0.6) is 0 Å². The first-order chi connectivity index (χ1) is 7.65. The van der Waals surface area contributed by atoms with Crippen molar-refractivity contribution in [3.05, 3.63) is 35.9 Å². The molecule has 5 nitrogen and oxygen atoms in total. The first kappa shape index (κ1) is 11.1. The Labute approximate surface area is 92.5 Å². The van der Waals surface area contributed by atoms with E-state index in [9.17, 15) is 9.90 Å². The molecule has 86 valence electrons. The summed E-state index contributed by atoms with van der Waals surface area (Å²) < 4.78 is 14.7. The second-order valence-corrected chi connectivity index (χ2v) is 3.39. The largest absolute Gasteiger partial charge is 0.467 e. The fourth-order valence-electron chi connectivity index (χ4n) is 1.50. The molecule has 2 unspecified atom stereocenters. The molecule has 1 N–H and O–H groups in total. The van der Waals surface area contributed by atoms with Gasteiger partial charge in [-0.25, -0.2) is 4.79 Å². The highest BCUT2D eigenvalue weighted by Gasteiger charge is 2.45. The number of hydrogen-bond acceptors (Lipinski definition) is 5. The number of benzene rings is 1. The molecule has 1 aromatic carbocycles. The first-order valence-electron chi connectivity index (χ1n) is 4.83. The molecule has 1 aliphatic heterocycles.